The Morgan fingerprint density at radius 2 is 1.76 bits per heavy atom. The van der Waals surface area contributed by atoms with Gasteiger partial charge in [0.1, 0.15) is 11.5 Å². The fourth-order valence-electron chi connectivity index (χ4n) is 2.42. The molecule has 1 amide bonds. The van der Waals surface area contributed by atoms with Crippen molar-refractivity contribution in [3.05, 3.63) is 60.2 Å². The SMILES string of the molecule is COc1ccc(OC(C)C(=O)N(CCC#N)Cc2ccccc2)cc1. The maximum atomic E-state index is 12.7. The molecule has 0 bridgehead atoms. The highest BCUT2D eigenvalue weighted by Crippen LogP contribution is 2.19. The van der Waals surface area contributed by atoms with Gasteiger partial charge >= 0.3 is 0 Å². The van der Waals surface area contributed by atoms with Gasteiger partial charge in [0.05, 0.1) is 19.6 Å². The number of amides is 1. The van der Waals surface area contributed by atoms with Crippen LogP contribution in [-0.4, -0.2) is 30.6 Å². The van der Waals surface area contributed by atoms with Crippen molar-refractivity contribution in [2.24, 2.45) is 0 Å². The van der Waals surface area contributed by atoms with Crippen LogP contribution in [0.15, 0.2) is 54.6 Å². The number of methoxy groups -OCH3 is 1. The summed E-state index contributed by atoms with van der Waals surface area (Å²) >= 11 is 0. The van der Waals surface area contributed by atoms with Crippen LogP contribution in [0.5, 0.6) is 11.5 Å². The second-order valence-corrected chi connectivity index (χ2v) is 5.59. The average molecular weight is 338 g/mol. The minimum Gasteiger partial charge on any atom is -0.497 e. The summed E-state index contributed by atoms with van der Waals surface area (Å²) in [4.78, 5) is 14.4. The lowest BCUT2D eigenvalue weighted by Crippen LogP contribution is -2.40. The van der Waals surface area contributed by atoms with E-state index in [1.54, 1.807) is 43.2 Å². The molecule has 0 N–H and O–H groups in total. The van der Waals surface area contributed by atoms with E-state index in [9.17, 15) is 4.79 Å². The zero-order chi connectivity index (χ0) is 18.1. The lowest BCUT2D eigenvalue weighted by molar-refractivity contribution is -0.138. The summed E-state index contributed by atoms with van der Waals surface area (Å²) in [7, 11) is 1.60. The van der Waals surface area contributed by atoms with Crippen molar-refractivity contribution >= 4 is 5.91 Å². The highest BCUT2D eigenvalue weighted by Gasteiger charge is 2.22. The first-order valence-corrected chi connectivity index (χ1v) is 8.14. The zero-order valence-corrected chi connectivity index (χ0v) is 14.5. The summed E-state index contributed by atoms with van der Waals surface area (Å²) in [5.74, 6) is 1.18. The predicted octanol–water partition coefficient (Wildman–Crippen LogP) is 3.40. The van der Waals surface area contributed by atoms with Gasteiger partial charge in [-0.2, -0.15) is 5.26 Å². The third-order valence-electron chi connectivity index (χ3n) is 3.74. The Labute approximate surface area is 148 Å². The number of rotatable bonds is 8. The molecule has 0 saturated heterocycles. The highest BCUT2D eigenvalue weighted by atomic mass is 16.5. The molecule has 2 aromatic rings. The van der Waals surface area contributed by atoms with E-state index in [2.05, 4.69) is 6.07 Å². The van der Waals surface area contributed by atoms with E-state index < -0.39 is 6.10 Å². The van der Waals surface area contributed by atoms with Gasteiger partial charge in [-0.25, -0.2) is 0 Å². The molecular weight excluding hydrogens is 316 g/mol. The minimum absolute atomic E-state index is 0.144. The normalized spacial score (nSPS) is 11.2. The molecule has 5 nitrogen and oxygen atoms in total. The number of carbonyl (C=O) groups excluding carboxylic acids is 1. The number of ether oxygens (including phenoxy) is 2. The van der Waals surface area contributed by atoms with E-state index in [0.717, 1.165) is 11.3 Å². The van der Waals surface area contributed by atoms with Crippen molar-refractivity contribution in [3.63, 3.8) is 0 Å². The van der Waals surface area contributed by atoms with E-state index in [1.807, 2.05) is 30.3 Å². The smallest absolute Gasteiger partial charge is 0.263 e. The van der Waals surface area contributed by atoms with Gasteiger partial charge < -0.3 is 14.4 Å². The fourth-order valence-corrected chi connectivity index (χ4v) is 2.42. The van der Waals surface area contributed by atoms with Crippen molar-refractivity contribution in [3.8, 4) is 17.6 Å². The molecule has 1 atom stereocenters. The monoisotopic (exact) mass is 338 g/mol. The largest absolute Gasteiger partial charge is 0.497 e. The molecule has 0 aromatic heterocycles. The van der Waals surface area contributed by atoms with Crippen molar-refractivity contribution in [2.45, 2.75) is 26.0 Å². The molecular formula is C20H22N2O3. The summed E-state index contributed by atoms with van der Waals surface area (Å²) in [5, 5.41) is 8.86. The van der Waals surface area contributed by atoms with Gasteiger partial charge in [-0.05, 0) is 36.8 Å². The average Bonchev–Trinajstić information content (AvgIpc) is 2.66. The summed E-state index contributed by atoms with van der Waals surface area (Å²) in [6.07, 6.45) is -0.357. The molecule has 0 saturated carbocycles. The third-order valence-corrected chi connectivity index (χ3v) is 3.74. The van der Waals surface area contributed by atoms with E-state index in [1.165, 1.54) is 0 Å². The van der Waals surface area contributed by atoms with Crippen molar-refractivity contribution < 1.29 is 14.3 Å². The molecule has 0 aliphatic carbocycles. The summed E-state index contributed by atoms with van der Waals surface area (Å²) in [6.45, 7) is 2.55. The lowest BCUT2D eigenvalue weighted by Gasteiger charge is -2.25. The zero-order valence-electron chi connectivity index (χ0n) is 14.5. The fraction of sp³-hybridized carbons (Fsp3) is 0.300. The number of nitrogens with zero attached hydrogens (tertiary/aromatic N) is 2. The Hall–Kier alpha value is -3.00. The molecule has 5 heteroatoms. The third kappa shape index (κ3) is 5.54. The Balaban J connectivity index is 2.04. The van der Waals surface area contributed by atoms with Gasteiger partial charge in [-0.1, -0.05) is 30.3 Å². The summed E-state index contributed by atoms with van der Waals surface area (Å²) in [6, 6.07) is 18.9. The predicted molar refractivity (Wildman–Crippen MR) is 95.2 cm³/mol. The summed E-state index contributed by atoms with van der Waals surface area (Å²) in [5.41, 5.74) is 1.02. The number of carbonyl (C=O) groups is 1. The van der Waals surface area contributed by atoms with Crippen LogP contribution >= 0.6 is 0 Å². The van der Waals surface area contributed by atoms with Crippen molar-refractivity contribution in [1.82, 2.24) is 4.90 Å². The van der Waals surface area contributed by atoms with E-state index in [-0.39, 0.29) is 12.3 Å². The van der Waals surface area contributed by atoms with E-state index in [0.29, 0.717) is 18.8 Å². The van der Waals surface area contributed by atoms with E-state index >= 15 is 0 Å². The molecule has 1 unspecified atom stereocenters. The Kier molecular flexibility index (Phi) is 6.85. The number of nitriles is 1. The Morgan fingerprint density at radius 3 is 2.36 bits per heavy atom. The number of hydrogen-bond acceptors (Lipinski definition) is 4. The summed E-state index contributed by atoms with van der Waals surface area (Å²) < 4.78 is 10.9. The molecule has 0 aliphatic heterocycles. The highest BCUT2D eigenvalue weighted by molar-refractivity contribution is 5.81. The van der Waals surface area contributed by atoms with Gasteiger partial charge in [0.15, 0.2) is 6.10 Å². The Morgan fingerprint density at radius 1 is 1.12 bits per heavy atom. The van der Waals surface area contributed by atoms with Gasteiger partial charge in [0.25, 0.3) is 5.91 Å². The molecule has 0 spiro atoms. The van der Waals surface area contributed by atoms with Crippen LogP contribution in [0.25, 0.3) is 0 Å². The second-order valence-electron chi connectivity index (χ2n) is 5.59. The van der Waals surface area contributed by atoms with Crippen molar-refractivity contribution in [1.29, 1.82) is 5.26 Å². The first-order valence-electron chi connectivity index (χ1n) is 8.14. The molecule has 2 aromatic carbocycles. The Bertz CT molecular complexity index is 708. The maximum Gasteiger partial charge on any atom is 0.263 e. The molecule has 0 fully saturated rings. The van der Waals surface area contributed by atoms with Gasteiger partial charge in [-0.15, -0.1) is 0 Å². The van der Waals surface area contributed by atoms with Crippen LogP contribution < -0.4 is 9.47 Å². The molecule has 2 rings (SSSR count). The number of benzene rings is 2. The minimum atomic E-state index is -0.643. The molecule has 25 heavy (non-hydrogen) atoms. The van der Waals surface area contributed by atoms with Gasteiger partial charge in [-0.3, -0.25) is 4.79 Å². The van der Waals surface area contributed by atoms with Crippen LogP contribution in [0, 0.1) is 11.3 Å². The van der Waals surface area contributed by atoms with Crippen LogP contribution in [-0.2, 0) is 11.3 Å². The van der Waals surface area contributed by atoms with Gasteiger partial charge in [0, 0.05) is 13.1 Å². The first kappa shape index (κ1) is 18.3. The molecule has 0 radical (unpaired) electrons. The van der Waals surface area contributed by atoms with Crippen molar-refractivity contribution in [2.75, 3.05) is 13.7 Å². The lowest BCUT2D eigenvalue weighted by atomic mass is 10.2. The van der Waals surface area contributed by atoms with Crippen LogP contribution in [0.1, 0.15) is 18.9 Å². The first-order chi connectivity index (χ1) is 12.1. The molecule has 130 valence electrons. The quantitative estimate of drug-likeness (QED) is 0.740. The van der Waals surface area contributed by atoms with Crippen LogP contribution in [0.3, 0.4) is 0 Å². The van der Waals surface area contributed by atoms with Gasteiger partial charge in [0.2, 0.25) is 0 Å². The van der Waals surface area contributed by atoms with E-state index in [4.69, 9.17) is 14.7 Å². The molecule has 0 heterocycles. The van der Waals surface area contributed by atoms with Crippen LogP contribution in [0.2, 0.25) is 0 Å². The standard InChI is InChI=1S/C20H22N2O3/c1-16(25-19-11-9-18(24-2)10-12-19)20(23)22(14-6-13-21)15-17-7-4-3-5-8-17/h3-5,7-12,16H,6,14-15H2,1-2H3. The maximum absolute atomic E-state index is 12.7. The second kappa shape index (κ2) is 9.33. The van der Waals surface area contributed by atoms with Crippen LogP contribution in [0.4, 0.5) is 0 Å². The topological polar surface area (TPSA) is 62.6 Å². The number of hydrogen-bond donors (Lipinski definition) is 0. The molecule has 0 aliphatic rings.